The highest BCUT2D eigenvalue weighted by Crippen LogP contribution is 2.28. The number of hydrogen-bond donors (Lipinski definition) is 3. The number of carboxylic acids is 2. The highest BCUT2D eigenvalue weighted by Gasteiger charge is 2.13. The first-order valence-electron chi connectivity index (χ1n) is 7.53. The summed E-state index contributed by atoms with van der Waals surface area (Å²) in [5.41, 5.74) is 2.24. The van der Waals surface area contributed by atoms with Gasteiger partial charge in [-0.3, -0.25) is 0 Å². The number of H-pyrrole nitrogens is 1. The van der Waals surface area contributed by atoms with Crippen LogP contribution in [0.25, 0.3) is 17.1 Å². The molecule has 0 aliphatic carbocycles. The number of ether oxygens (including phenoxy) is 1. The van der Waals surface area contributed by atoms with E-state index in [1.165, 1.54) is 6.08 Å². The second-order valence-electron chi connectivity index (χ2n) is 5.23. The highest BCUT2D eigenvalue weighted by atomic mass is 32.2. The van der Waals surface area contributed by atoms with Crippen LogP contribution in [-0.2, 0) is 9.59 Å². The molecule has 0 saturated heterocycles. The molecule has 0 bridgehead atoms. The van der Waals surface area contributed by atoms with E-state index < -0.39 is 18.5 Å². The van der Waals surface area contributed by atoms with E-state index in [0.29, 0.717) is 16.5 Å². The van der Waals surface area contributed by atoms with Gasteiger partial charge in [0.15, 0.2) is 11.8 Å². The summed E-state index contributed by atoms with van der Waals surface area (Å²) in [6, 6.07) is 13.9. The van der Waals surface area contributed by atoms with Gasteiger partial charge in [0, 0.05) is 0 Å². The number of imidazole rings is 1. The molecule has 0 radical (unpaired) electrons. The van der Waals surface area contributed by atoms with Gasteiger partial charge in [-0.05, 0) is 47.7 Å². The van der Waals surface area contributed by atoms with Gasteiger partial charge in [-0.15, -0.1) is 0 Å². The Morgan fingerprint density at radius 2 is 1.85 bits per heavy atom. The van der Waals surface area contributed by atoms with E-state index >= 15 is 0 Å². The third-order valence-corrected chi connectivity index (χ3v) is 4.22. The van der Waals surface area contributed by atoms with Gasteiger partial charge in [0.1, 0.15) is 10.7 Å². The summed E-state index contributed by atoms with van der Waals surface area (Å²) < 4.78 is 5.05. The summed E-state index contributed by atoms with van der Waals surface area (Å²) in [6.45, 7) is -0.433. The maximum absolute atomic E-state index is 11.5. The van der Waals surface area contributed by atoms with Crippen LogP contribution in [0.5, 0.6) is 5.75 Å². The second kappa shape index (κ2) is 7.75. The minimum absolute atomic E-state index is 0.100. The molecule has 0 saturated carbocycles. The topological polar surface area (TPSA) is 113 Å². The van der Waals surface area contributed by atoms with Gasteiger partial charge in [-0.1, -0.05) is 24.3 Å². The van der Waals surface area contributed by atoms with Crippen LogP contribution in [-0.4, -0.2) is 38.7 Å². The average molecular weight is 370 g/mol. The van der Waals surface area contributed by atoms with Crippen molar-refractivity contribution in [1.82, 2.24) is 9.97 Å². The van der Waals surface area contributed by atoms with Crippen LogP contribution in [0.2, 0.25) is 0 Å². The maximum Gasteiger partial charge on any atom is 0.342 e. The summed E-state index contributed by atoms with van der Waals surface area (Å²) in [6.07, 6.45) is 1.52. The Morgan fingerprint density at radius 3 is 2.50 bits per heavy atom. The van der Waals surface area contributed by atoms with Gasteiger partial charge >= 0.3 is 11.9 Å². The van der Waals surface area contributed by atoms with Gasteiger partial charge in [0.2, 0.25) is 0 Å². The number of aromatic amines is 1. The quantitative estimate of drug-likeness (QED) is 0.432. The predicted molar refractivity (Wildman–Crippen MR) is 97.1 cm³/mol. The van der Waals surface area contributed by atoms with E-state index in [9.17, 15) is 14.7 Å². The van der Waals surface area contributed by atoms with E-state index in [2.05, 4.69) is 9.97 Å². The van der Waals surface area contributed by atoms with Crippen LogP contribution in [0.3, 0.4) is 0 Å². The number of hydrogen-bond acceptors (Lipinski definition) is 5. The fourth-order valence-electron chi connectivity index (χ4n) is 2.17. The Morgan fingerprint density at radius 1 is 1.12 bits per heavy atom. The van der Waals surface area contributed by atoms with Crippen molar-refractivity contribution >= 4 is 40.8 Å². The number of nitrogens with zero attached hydrogens (tertiary/aromatic N) is 1. The lowest BCUT2D eigenvalue weighted by atomic mass is 10.2. The first-order chi connectivity index (χ1) is 12.5. The molecule has 7 nitrogen and oxygen atoms in total. The van der Waals surface area contributed by atoms with Gasteiger partial charge in [0.25, 0.3) is 0 Å². The molecule has 0 amide bonds. The molecule has 0 atom stereocenters. The SMILES string of the molecule is O=C(O)COc1ccc(/C=C(\Sc2nc3ccccc3[nH]2)C(=O)O)cc1. The van der Waals surface area contributed by atoms with Crippen LogP contribution in [0.4, 0.5) is 0 Å². The lowest BCUT2D eigenvalue weighted by Crippen LogP contribution is -2.09. The number of nitrogens with one attached hydrogen (secondary N) is 1. The third kappa shape index (κ3) is 4.42. The second-order valence-corrected chi connectivity index (χ2v) is 6.26. The van der Waals surface area contributed by atoms with Gasteiger partial charge < -0.3 is 19.9 Å². The Balaban J connectivity index is 1.78. The zero-order valence-corrected chi connectivity index (χ0v) is 14.2. The summed E-state index contributed by atoms with van der Waals surface area (Å²) in [7, 11) is 0. The molecule has 3 rings (SSSR count). The molecular weight excluding hydrogens is 356 g/mol. The van der Waals surface area contributed by atoms with Crippen molar-refractivity contribution in [2.45, 2.75) is 5.16 Å². The Hall–Kier alpha value is -3.26. The minimum atomic E-state index is -1.07. The number of carboxylic acid groups (broad SMARTS) is 2. The van der Waals surface area contributed by atoms with Crippen molar-refractivity contribution in [2.75, 3.05) is 6.61 Å². The standard InChI is InChI=1S/C18H14N2O5S/c21-16(22)10-25-12-7-5-11(6-8-12)9-15(17(23)24)26-18-19-13-3-1-2-4-14(13)20-18/h1-9H,10H2,(H,19,20)(H,21,22)(H,23,24)/b15-9-. The van der Waals surface area contributed by atoms with Gasteiger partial charge in [-0.2, -0.15) is 0 Å². The fraction of sp³-hybridized carbons (Fsp3) is 0.0556. The Bertz CT molecular complexity index is 946. The molecule has 1 aromatic heterocycles. The largest absolute Gasteiger partial charge is 0.482 e. The highest BCUT2D eigenvalue weighted by molar-refractivity contribution is 8.04. The average Bonchev–Trinajstić information content (AvgIpc) is 3.02. The van der Waals surface area contributed by atoms with Crippen LogP contribution in [0.1, 0.15) is 5.56 Å². The molecule has 0 unspecified atom stereocenters. The number of aliphatic carboxylic acids is 2. The molecular formula is C18H14N2O5S. The zero-order chi connectivity index (χ0) is 18.5. The number of thioether (sulfide) groups is 1. The fourth-order valence-corrected chi connectivity index (χ4v) is 2.97. The zero-order valence-electron chi connectivity index (χ0n) is 13.4. The lowest BCUT2D eigenvalue weighted by molar-refractivity contribution is -0.139. The van der Waals surface area contributed by atoms with Crippen molar-refractivity contribution in [2.24, 2.45) is 0 Å². The summed E-state index contributed by atoms with van der Waals surface area (Å²) in [4.78, 5) is 29.6. The smallest absolute Gasteiger partial charge is 0.342 e. The molecule has 3 N–H and O–H groups in total. The Labute approximate surface area is 152 Å². The third-order valence-electron chi connectivity index (χ3n) is 3.33. The van der Waals surface area contributed by atoms with E-state index in [1.807, 2.05) is 24.3 Å². The van der Waals surface area contributed by atoms with Gasteiger partial charge in [0.05, 0.1) is 11.0 Å². The molecule has 8 heteroatoms. The number of rotatable bonds is 7. The molecule has 26 heavy (non-hydrogen) atoms. The van der Waals surface area contributed by atoms with Crippen molar-refractivity contribution in [1.29, 1.82) is 0 Å². The maximum atomic E-state index is 11.5. The summed E-state index contributed by atoms with van der Waals surface area (Å²) in [5, 5.41) is 18.5. The predicted octanol–water partition coefficient (Wildman–Crippen LogP) is 3.24. The molecule has 0 aliphatic heterocycles. The first kappa shape index (κ1) is 17.6. The molecule has 132 valence electrons. The summed E-state index contributed by atoms with van der Waals surface area (Å²) >= 11 is 1.02. The van der Waals surface area contributed by atoms with Crippen LogP contribution in [0.15, 0.2) is 58.6 Å². The van der Waals surface area contributed by atoms with Gasteiger partial charge in [-0.25, -0.2) is 14.6 Å². The van der Waals surface area contributed by atoms with E-state index in [4.69, 9.17) is 9.84 Å². The van der Waals surface area contributed by atoms with E-state index in [0.717, 1.165) is 22.8 Å². The molecule has 3 aromatic rings. The monoisotopic (exact) mass is 370 g/mol. The lowest BCUT2D eigenvalue weighted by Gasteiger charge is -2.04. The first-order valence-corrected chi connectivity index (χ1v) is 8.35. The number of carbonyl (C=O) groups is 2. The number of para-hydroxylation sites is 2. The number of benzene rings is 2. The Kier molecular flexibility index (Phi) is 5.23. The van der Waals surface area contributed by atoms with Crippen LogP contribution in [0, 0.1) is 0 Å². The number of aromatic nitrogens is 2. The molecule has 0 fully saturated rings. The summed E-state index contributed by atoms with van der Waals surface area (Å²) in [5.74, 6) is -1.74. The van der Waals surface area contributed by atoms with Crippen molar-refractivity contribution < 1.29 is 24.5 Å². The van der Waals surface area contributed by atoms with Crippen molar-refractivity contribution in [3.05, 3.63) is 59.0 Å². The van der Waals surface area contributed by atoms with Crippen LogP contribution >= 0.6 is 11.8 Å². The minimum Gasteiger partial charge on any atom is -0.482 e. The van der Waals surface area contributed by atoms with E-state index in [1.54, 1.807) is 24.3 Å². The number of fused-ring (bicyclic) bond motifs is 1. The van der Waals surface area contributed by atoms with Crippen LogP contribution < -0.4 is 4.74 Å². The van der Waals surface area contributed by atoms with E-state index in [-0.39, 0.29) is 4.91 Å². The molecule has 0 spiro atoms. The van der Waals surface area contributed by atoms with Crippen molar-refractivity contribution in [3.8, 4) is 5.75 Å². The normalized spacial score (nSPS) is 11.5. The van der Waals surface area contributed by atoms with Crippen molar-refractivity contribution in [3.63, 3.8) is 0 Å². The molecule has 1 heterocycles. The molecule has 0 aliphatic rings. The molecule has 2 aromatic carbocycles.